The number of aryl methyl sites for hydroxylation is 1. The summed E-state index contributed by atoms with van der Waals surface area (Å²) in [6, 6.07) is 4.80. The van der Waals surface area contributed by atoms with Crippen LogP contribution >= 0.6 is 31.9 Å². The standard InChI is InChI=1S/C8H7Br2NO2/c1-5-4-6(11(12)13)2-3-7(5)8(9)10/h2-4,8H,1H3. The average Bonchev–Trinajstić information content (AvgIpc) is 2.03. The minimum atomic E-state index is -0.395. The second-order valence-electron chi connectivity index (χ2n) is 2.60. The lowest BCUT2D eigenvalue weighted by Gasteiger charge is -2.05. The molecule has 5 heteroatoms. The molecule has 0 aromatic heterocycles. The quantitative estimate of drug-likeness (QED) is 0.475. The van der Waals surface area contributed by atoms with E-state index in [1.54, 1.807) is 12.1 Å². The highest BCUT2D eigenvalue weighted by Gasteiger charge is 2.11. The van der Waals surface area contributed by atoms with Gasteiger partial charge in [0.2, 0.25) is 0 Å². The van der Waals surface area contributed by atoms with Crippen LogP contribution in [-0.4, -0.2) is 4.92 Å². The van der Waals surface area contributed by atoms with Crippen molar-refractivity contribution in [2.75, 3.05) is 0 Å². The molecule has 0 atom stereocenters. The summed E-state index contributed by atoms with van der Waals surface area (Å²) in [6.07, 6.45) is 0. The summed E-state index contributed by atoms with van der Waals surface area (Å²) < 4.78 is 0.0424. The fraction of sp³-hybridized carbons (Fsp3) is 0.250. The number of nitrogens with zero attached hydrogens (tertiary/aromatic N) is 1. The Hall–Kier alpha value is -0.420. The summed E-state index contributed by atoms with van der Waals surface area (Å²) in [4.78, 5) is 10.0. The third-order valence-electron chi connectivity index (χ3n) is 1.70. The van der Waals surface area contributed by atoms with E-state index in [1.807, 2.05) is 6.92 Å². The zero-order chi connectivity index (χ0) is 10.0. The molecule has 1 aromatic carbocycles. The van der Waals surface area contributed by atoms with Crippen molar-refractivity contribution in [3.05, 3.63) is 39.4 Å². The van der Waals surface area contributed by atoms with Crippen molar-refractivity contribution in [2.45, 2.75) is 10.7 Å². The van der Waals surface area contributed by atoms with E-state index in [1.165, 1.54) is 6.07 Å². The number of benzene rings is 1. The molecule has 1 rings (SSSR count). The molecular weight excluding hydrogens is 302 g/mol. The van der Waals surface area contributed by atoms with Gasteiger partial charge in [-0.3, -0.25) is 10.1 Å². The summed E-state index contributed by atoms with van der Waals surface area (Å²) in [5.74, 6) is 0. The van der Waals surface area contributed by atoms with Crippen LogP contribution in [0, 0.1) is 17.0 Å². The highest BCUT2D eigenvalue weighted by molar-refractivity contribution is 9.24. The van der Waals surface area contributed by atoms with Crippen molar-refractivity contribution in [3.63, 3.8) is 0 Å². The maximum absolute atomic E-state index is 10.4. The molecule has 0 bridgehead atoms. The van der Waals surface area contributed by atoms with Gasteiger partial charge in [0.15, 0.2) is 0 Å². The normalized spacial score (nSPS) is 10.5. The SMILES string of the molecule is Cc1cc([N+](=O)[O-])ccc1C(Br)Br. The first-order valence-electron chi connectivity index (χ1n) is 3.55. The van der Waals surface area contributed by atoms with Crippen LogP contribution < -0.4 is 0 Å². The van der Waals surface area contributed by atoms with Crippen molar-refractivity contribution >= 4 is 37.5 Å². The Morgan fingerprint density at radius 2 is 2.08 bits per heavy atom. The zero-order valence-electron chi connectivity index (χ0n) is 6.83. The van der Waals surface area contributed by atoms with Crippen molar-refractivity contribution < 1.29 is 4.92 Å². The third kappa shape index (κ3) is 2.51. The third-order valence-corrected chi connectivity index (χ3v) is 2.69. The Balaban J connectivity index is 3.13. The Kier molecular flexibility index (Phi) is 3.44. The molecule has 70 valence electrons. The van der Waals surface area contributed by atoms with Crippen LogP contribution in [0.15, 0.2) is 18.2 Å². The van der Waals surface area contributed by atoms with E-state index in [0.717, 1.165) is 11.1 Å². The highest BCUT2D eigenvalue weighted by Crippen LogP contribution is 2.32. The van der Waals surface area contributed by atoms with Gasteiger partial charge in [0.05, 0.1) is 8.66 Å². The fourth-order valence-corrected chi connectivity index (χ4v) is 2.05. The molecule has 0 fully saturated rings. The summed E-state index contributed by atoms with van der Waals surface area (Å²) >= 11 is 6.68. The average molecular weight is 309 g/mol. The number of halogens is 2. The molecule has 0 unspecified atom stereocenters. The maximum atomic E-state index is 10.4. The molecule has 0 heterocycles. The fourth-order valence-electron chi connectivity index (χ4n) is 1.02. The number of alkyl halides is 2. The van der Waals surface area contributed by atoms with Crippen LogP contribution in [0.2, 0.25) is 0 Å². The van der Waals surface area contributed by atoms with Crippen LogP contribution in [0.3, 0.4) is 0 Å². The van der Waals surface area contributed by atoms with Gasteiger partial charge in [-0.15, -0.1) is 0 Å². The van der Waals surface area contributed by atoms with Gasteiger partial charge in [0.25, 0.3) is 5.69 Å². The van der Waals surface area contributed by atoms with Gasteiger partial charge in [-0.1, -0.05) is 31.9 Å². The topological polar surface area (TPSA) is 43.1 Å². The minimum absolute atomic E-state index is 0.0424. The molecule has 0 radical (unpaired) electrons. The predicted octanol–water partition coefficient (Wildman–Crippen LogP) is 3.69. The lowest BCUT2D eigenvalue weighted by Crippen LogP contribution is -1.92. The Bertz CT molecular complexity index is 339. The van der Waals surface area contributed by atoms with Crippen molar-refractivity contribution in [2.24, 2.45) is 0 Å². The second-order valence-corrected chi connectivity index (χ2v) is 5.66. The summed E-state index contributed by atoms with van der Waals surface area (Å²) in [7, 11) is 0. The Morgan fingerprint density at radius 1 is 1.46 bits per heavy atom. The van der Waals surface area contributed by atoms with Gasteiger partial charge in [0, 0.05) is 12.1 Å². The zero-order valence-corrected chi connectivity index (χ0v) is 10.0. The Labute approximate surface area is 92.5 Å². The van der Waals surface area contributed by atoms with Crippen LogP contribution in [-0.2, 0) is 0 Å². The van der Waals surface area contributed by atoms with E-state index in [9.17, 15) is 10.1 Å². The van der Waals surface area contributed by atoms with Gasteiger partial charge in [-0.2, -0.15) is 0 Å². The molecule has 13 heavy (non-hydrogen) atoms. The van der Waals surface area contributed by atoms with Crippen molar-refractivity contribution in [1.82, 2.24) is 0 Å². The molecule has 3 nitrogen and oxygen atoms in total. The van der Waals surface area contributed by atoms with Gasteiger partial charge in [-0.25, -0.2) is 0 Å². The smallest absolute Gasteiger partial charge is 0.258 e. The van der Waals surface area contributed by atoms with E-state index in [0.29, 0.717) is 0 Å². The molecule has 0 saturated carbocycles. The van der Waals surface area contributed by atoms with Gasteiger partial charge < -0.3 is 0 Å². The molecule has 0 aliphatic heterocycles. The first kappa shape index (κ1) is 10.7. The summed E-state index contributed by atoms with van der Waals surface area (Å²) in [6.45, 7) is 1.85. The monoisotopic (exact) mass is 307 g/mol. The number of rotatable bonds is 2. The van der Waals surface area contributed by atoms with E-state index < -0.39 is 4.92 Å². The van der Waals surface area contributed by atoms with Crippen molar-refractivity contribution in [1.29, 1.82) is 0 Å². The summed E-state index contributed by atoms with van der Waals surface area (Å²) in [5.41, 5.74) is 2.03. The molecule has 0 aliphatic carbocycles. The van der Waals surface area contributed by atoms with E-state index in [2.05, 4.69) is 31.9 Å². The Morgan fingerprint density at radius 3 is 2.46 bits per heavy atom. The van der Waals surface area contributed by atoms with Crippen molar-refractivity contribution in [3.8, 4) is 0 Å². The molecule has 0 spiro atoms. The van der Waals surface area contributed by atoms with Crippen LogP contribution in [0.25, 0.3) is 0 Å². The van der Waals surface area contributed by atoms with Gasteiger partial charge >= 0.3 is 0 Å². The molecular formula is C8H7Br2NO2. The van der Waals surface area contributed by atoms with Gasteiger partial charge in [-0.05, 0) is 24.1 Å². The molecule has 0 aliphatic rings. The lowest BCUT2D eigenvalue weighted by atomic mass is 10.1. The largest absolute Gasteiger partial charge is 0.269 e. The number of non-ortho nitro benzene ring substituents is 1. The molecule has 1 aromatic rings. The summed E-state index contributed by atoms with van der Waals surface area (Å²) in [5, 5.41) is 10.4. The number of hydrogen-bond donors (Lipinski definition) is 0. The first-order valence-corrected chi connectivity index (χ1v) is 5.38. The molecule has 0 N–H and O–H groups in total. The maximum Gasteiger partial charge on any atom is 0.269 e. The number of hydrogen-bond acceptors (Lipinski definition) is 2. The lowest BCUT2D eigenvalue weighted by molar-refractivity contribution is -0.384. The second kappa shape index (κ2) is 4.19. The van der Waals surface area contributed by atoms with Crippen LogP contribution in [0.4, 0.5) is 5.69 Å². The van der Waals surface area contributed by atoms with Crippen LogP contribution in [0.5, 0.6) is 0 Å². The number of nitro benzene ring substituents is 1. The van der Waals surface area contributed by atoms with Gasteiger partial charge in [0.1, 0.15) is 0 Å². The van der Waals surface area contributed by atoms with E-state index in [4.69, 9.17) is 0 Å². The number of nitro groups is 1. The predicted molar refractivity (Wildman–Crippen MR) is 58.4 cm³/mol. The van der Waals surface area contributed by atoms with E-state index >= 15 is 0 Å². The minimum Gasteiger partial charge on any atom is -0.258 e. The molecule has 0 amide bonds. The van der Waals surface area contributed by atoms with Crippen LogP contribution in [0.1, 0.15) is 14.9 Å². The first-order chi connectivity index (χ1) is 6.02. The molecule has 0 saturated heterocycles. The highest BCUT2D eigenvalue weighted by atomic mass is 79.9. The van der Waals surface area contributed by atoms with E-state index in [-0.39, 0.29) is 9.42 Å².